The second kappa shape index (κ2) is 18.4. The molecule has 5 heteroatoms. The van der Waals surface area contributed by atoms with Crippen molar-refractivity contribution < 1.29 is 19.8 Å². The predicted octanol–water partition coefficient (Wildman–Crippen LogP) is 4.85. The van der Waals surface area contributed by atoms with Gasteiger partial charge in [0, 0.05) is 0 Å². The molecule has 0 amide bonds. The van der Waals surface area contributed by atoms with Crippen LogP contribution in [-0.2, 0) is 9.59 Å². The fourth-order valence-electron chi connectivity index (χ4n) is 3.08. The Labute approximate surface area is 190 Å². The summed E-state index contributed by atoms with van der Waals surface area (Å²) in [4.78, 5) is 22.1. The van der Waals surface area contributed by atoms with Gasteiger partial charge in [0.1, 0.15) is 0 Å². The molecule has 0 saturated heterocycles. The van der Waals surface area contributed by atoms with E-state index in [1.54, 1.807) is 0 Å². The van der Waals surface area contributed by atoms with E-state index >= 15 is 0 Å². The Morgan fingerprint density at radius 1 is 0.708 bits per heavy atom. The van der Waals surface area contributed by atoms with Gasteiger partial charge in [0.25, 0.3) is 0 Å². The van der Waals surface area contributed by atoms with Crippen molar-refractivity contribution in [3.63, 3.8) is 0 Å². The Morgan fingerprint density at radius 2 is 1.12 bits per heavy atom. The van der Waals surface area contributed by atoms with E-state index in [2.05, 4.69) is 13.8 Å². The molecule has 0 aromatic carbocycles. The van der Waals surface area contributed by atoms with Crippen LogP contribution in [0.15, 0.2) is 0 Å². The van der Waals surface area contributed by atoms with Crippen molar-refractivity contribution >= 4 is 63.3 Å². The molecule has 1 atom stereocenters. The summed E-state index contributed by atoms with van der Waals surface area (Å²) in [7, 11) is 0. The van der Waals surface area contributed by atoms with Gasteiger partial charge >= 0.3 is 63.3 Å². The molecule has 1 unspecified atom stereocenters. The van der Waals surface area contributed by atoms with Gasteiger partial charge in [-0.05, 0) is 12.3 Å². The zero-order valence-electron chi connectivity index (χ0n) is 15.1. The summed E-state index contributed by atoms with van der Waals surface area (Å²) in [6.45, 7) is 4.33. The summed E-state index contributed by atoms with van der Waals surface area (Å²) >= 11 is 0. The first-order chi connectivity index (χ1) is 11.0. The SMILES string of the molecule is CCCCCCCCCCC(CCCC)CC(C(=O)O)C(=O)O.[KH]. The van der Waals surface area contributed by atoms with Crippen LogP contribution in [0.1, 0.15) is 97.3 Å². The van der Waals surface area contributed by atoms with Crippen molar-refractivity contribution in [2.24, 2.45) is 11.8 Å². The fraction of sp³-hybridized carbons (Fsp3) is 0.895. The third kappa shape index (κ3) is 14.9. The number of aliphatic carboxylic acids is 2. The van der Waals surface area contributed by atoms with E-state index in [9.17, 15) is 9.59 Å². The first-order valence-electron chi connectivity index (χ1n) is 9.48. The van der Waals surface area contributed by atoms with Crippen molar-refractivity contribution in [1.82, 2.24) is 0 Å². The number of hydrogen-bond donors (Lipinski definition) is 2. The van der Waals surface area contributed by atoms with Gasteiger partial charge in [-0.2, -0.15) is 0 Å². The third-order valence-electron chi connectivity index (χ3n) is 4.60. The van der Waals surface area contributed by atoms with Crippen molar-refractivity contribution in [2.75, 3.05) is 0 Å². The molecule has 4 nitrogen and oxygen atoms in total. The normalized spacial score (nSPS) is 12.0. The van der Waals surface area contributed by atoms with E-state index in [1.807, 2.05) is 0 Å². The Balaban J connectivity index is 0. The maximum atomic E-state index is 11.1. The minimum absolute atomic E-state index is 0. The Hall–Kier alpha value is 0.576. The second-order valence-corrected chi connectivity index (χ2v) is 6.74. The molecule has 0 bridgehead atoms. The van der Waals surface area contributed by atoms with Crippen molar-refractivity contribution in [1.29, 1.82) is 0 Å². The van der Waals surface area contributed by atoms with Gasteiger partial charge in [-0.25, -0.2) is 0 Å². The third-order valence-corrected chi connectivity index (χ3v) is 4.60. The molecule has 138 valence electrons. The summed E-state index contributed by atoms with van der Waals surface area (Å²) in [5.74, 6) is -3.41. The molecule has 0 aliphatic rings. The van der Waals surface area contributed by atoms with Gasteiger partial charge in [0.05, 0.1) is 0 Å². The summed E-state index contributed by atoms with van der Waals surface area (Å²) in [6.07, 6.45) is 14.3. The summed E-state index contributed by atoms with van der Waals surface area (Å²) < 4.78 is 0. The first-order valence-corrected chi connectivity index (χ1v) is 9.48. The van der Waals surface area contributed by atoms with Gasteiger partial charge in [-0.3, -0.25) is 9.59 Å². The van der Waals surface area contributed by atoms with Crippen LogP contribution in [0.25, 0.3) is 0 Å². The molecular formula is C19H37KO4. The molecular weight excluding hydrogens is 331 g/mol. The van der Waals surface area contributed by atoms with Gasteiger partial charge in [0.15, 0.2) is 5.92 Å². The minimum atomic E-state index is -1.24. The molecule has 0 aromatic rings. The molecule has 0 radical (unpaired) electrons. The standard InChI is InChI=1S/C19H36O4.K.H/c1-3-5-7-8-9-10-11-12-14-16(13-6-4-2)15-17(18(20)21)19(22)23;;/h16-17H,3-15H2,1-2H3,(H,20,21)(H,22,23);;. The molecule has 24 heavy (non-hydrogen) atoms. The van der Waals surface area contributed by atoms with Crippen LogP contribution in [0.2, 0.25) is 0 Å². The number of carbonyl (C=O) groups is 2. The van der Waals surface area contributed by atoms with Crippen LogP contribution in [-0.4, -0.2) is 73.5 Å². The molecule has 0 aromatic heterocycles. The molecule has 0 rings (SSSR count). The van der Waals surface area contributed by atoms with Crippen LogP contribution < -0.4 is 0 Å². The monoisotopic (exact) mass is 368 g/mol. The van der Waals surface area contributed by atoms with Crippen molar-refractivity contribution in [3.05, 3.63) is 0 Å². The molecule has 2 N–H and O–H groups in total. The second-order valence-electron chi connectivity index (χ2n) is 6.74. The molecule has 0 aliphatic heterocycles. The number of carboxylic acids is 2. The molecule has 0 heterocycles. The van der Waals surface area contributed by atoms with E-state index in [1.165, 1.54) is 44.9 Å². The summed E-state index contributed by atoms with van der Waals surface area (Å²) in [6, 6.07) is 0. The van der Waals surface area contributed by atoms with Gasteiger partial charge < -0.3 is 10.2 Å². The number of unbranched alkanes of at least 4 members (excludes halogenated alkanes) is 8. The summed E-state index contributed by atoms with van der Waals surface area (Å²) in [5, 5.41) is 18.1. The average molecular weight is 369 g/mol. The van der Waals surface area contributed by atoms with E-state index in [0.717, 1.165) is 32.1 Å². The zero-order chi connectivity index (χ0) is 17.5. The topological polar surface area (TPSA) is 74.6 Å². The molecule has 0 fully saturated rings. The van der Waals surface area contributed by atoms with Crippen LogP contribution in [0, 0.1) is 11.8 Å². The van der Waals surface area contributed by atoms with E-state index in [4.69, 9.17) is 10.2 Å². The van der Waals surface area contributed by atoms with Crippen molar-refractivity contribution in [2.45, 2.75) is 97.3 Å². The number of rotatable bonds is 16. The van der Waals surface area contributed by atoms with Crippen LogP contribution >= 0.6 is 0 Å². The molecule has 0 saturated carbocycles. The van der Waals surface area contributed by atoms with Gasteiger partial charge in [-0.1, -0.05) is 90.9 Å². The van der Waals surface area contributed by atoms with Crippen molar-refractivity contribution in [3.8, 4) is 0 Å². The van der Waals surface area contributed by atoms with E-state index < -0.39 is 17.9 Å². The quantitative estimate of drug-likeness (QED) is 0.232. The average Bonchev–Trinajstić information content (AvgIpc) is 2.50. The van der Waals surface area contributed by atoms with E-state index in [0.29, 0.717) is 0 Å². The Bertz CT molecular complexity index is 306. The van der Waals surface area contributed by atoms with Crippen LogP contribution in [0.3, 0.4) is 0 Å². The Morgan fingerprint density at radius 3 is 1.58 bits per heavy atom. The summed E-state index contributed by atoms with van der Waals surface area (Å²) in [5.41, 5.74) is 0. The molecule has 0 aliphatic carbocycles. The fourth-order valence-corrected chi connectivity index (χ4v) is 3.08. The predicted molar refractivity (Wildman–Crippen MR) is 101 cm³/mol. The van der Waals surface area contributed by atoms with Gasteiger partial charge in [-0.15, -0.1) is 0 Å². The van der Waals surface area contributed by atoms with Gasteiger partial charge in [0.2, 0.25) is 0 Å². The number of hydrogen-bond acceptors (Lipinski definition) is 2. The number of carboxylic acid groups (broad SMARTS) is 2. The molecule has 0 spiro atoms. The Kier molecular flexibility index (Phi) is 20.5. The first kappa shape index (κ1) is 26.8. The van der Waals surface area contributed by atoms with Crippen LogP contribution in [0.4, 0.5) is 0 Å². The zero-order valence-corrected chi connectivity index (χ0v) is 15.1. The van der Waals surface area contributed by atoms with Crippen LogP contribution in [0.5, 0.6) is 0 Å². The maximum absolute atomic E-state index is 11.1. The van der Waals surface area contributed by atoms with E-state index in [-0.39, 0.29) is 63.7 Å².